The Kier molecular flexibility index (Phi) is 7.37. The fourth-order valence-corrected chi connectivity index (χ4v) is 2.90. The first-order valence-electron chi connectivity index (χ1n) is 9.05. The third-order valence-corrected chi connectivity index (χ3v) is 4.47. The largest absolute Gasteiger partial charge is 0.378 e. The van der Waals surface area contributed by atoms with Crippen LogP contribution >= 0.6 is 0 Å². The van der Waals surface area contributed by atoms with Gasteiger partial charge in [0.2, 0.25) is 11.8 Å². The first-order chi connectivity index (χ1) is 12.0. The number of carbonyl (C=O) groups is 2. The van der Waals surface area contributed by atoms with Gasteiger partial charge in [-0.2, -0.15) is 0 Å². The molecule has 2 N–H and O–H groups in total. The maximum atomic E-state index is 12.3. The van der Waals surface area contributed by atoms with Crippen LogP contribution in [0.2, 0.25) is 0 Å². The van der Waals surface area contributed by atoms with Crippen LogP contribution in [0.5, 0.6) is 0 Å². The van der Waals surface area contributed by atoms with E-state index in [-0.39, 0.29) is 35.8 Å². The molecule has 0 aliphatic carbocycles. The van der Waals surface area contributed by atoms with Gasteiger partial charge in [-0.1, -0.05) is 26.8 Å². The molecular weight excluding hydrogens is 318 g/mol. The topological polar surface area (TPSA) is 80.3 Å². The fraction of sp³-hybridized carbons (Fsp3) is 0.632. The number of pyridine rings is 1. The van der Waals surface area contributed by atoms with E-state index in [0.717, 1.165) is 18.5 Å². The van der Waals surface area contributed by atoms with Crippen LogP contribution in [0.15, 0.2) is 24.4 Å². The molecule has 1 aliphatic rings. The molecule has 0 aromatic carbocycles. The molecule has 3 atom stereocenters. The summed E-state index contributed by atoms with van der Waals surface area (Å²) in [5.41, 5.74) is 0.841. The van der Waals surface area contributed by atoms with E-state index in [2.05, 4.69) is 15.6 Å². The molecule has 1 saturated heterocycles. The molecule has 0 saturated carbocycles. The van der Waals surface area contributed by atoms with Crippen molar-refractivity contribution in [2.75, 3.05) is 6.61 Å². The molecule has 6 nitrogen and oxygen atoms in total. The molecule has 3 unspecified atom stereocenters. The second-order valence-corrected chi connectivity index (χ2v) is 7.05. The van der Waals surface area contributed by atoms with Gasteiger partial charge in [0.1, 0.15) is 0 Å². The van der Waals surface area contributed by atoms with Gasteiger partial charge in [-0.3, -0.25) is 14.6 Å². The van der Waals surface area contributed by atoms with Crippen LogP contribution in [0, 0.1) is 11.8 Å². The molecule has 2 amide bonds. The van der Waals surface area contributed by atoms with E-state index in [9.17, 15) is 9.59 Å². The maximum absolute atomic E-state index is 12.3. The number of amides is 2. The molecule has 6 heteroatoms. The van der Waals surface area contributed by atoms with E-state index in [0.29, 0.717) is 19.6 Å². The Morgan fingerprint density at radius 1 is 1.28 bits per heavy atom. The van der Waals surface area contributed by atoms with Crippen LogP contribution in [0.4, 0.5) is 0 Å². The molecule has 0 radical (unpaired) electrons. The minimum atomic E-state index is -0.145. The molecule has 0 bridgehead atoms. The lowest BCUT2D eigenvalue weighted by Crippen LogP contribution is -2.44. The zero-order chi connectivity index (χ0) is 18.2. The zero-order valence-corrected chi connectivity index (χ0v) is 15.3. The lowest BCUT2D eigenvalue weighted by Gasteiger charge is -2.31. The third kappa shape index (κ3) is 6.46. The molecule has 0 spiro atoms. The molecule has 138 valence electrons. The monoisotopic (exact) mass is 347 g/mol. The second-order valence-electron chi connectivity index (χ2n) is 7.05. The summed E-state index contributed by atoms with van der Waals surface area (Å²) in [6, 6.07) is 5.77. The van der Waals surface area contributed by atoms with Crippen molar-refractivity contribution in [1.82, 2.24) is 15.6 Å². The van der Waals surface area contributed by atoms with Crippen LogP contribution < -0.4 is 10.6 Å². The molecule has 1 aromatic heterocycles. The van der Waals surface area contributed by atoms with Crippen molar-refractivity contribution >= 4 is 11.8 Å². The second kappa shape index (κ2) is 9.51. The summed E-state index contributed by atoms with van der Waals surface area (Å²) >= 11 is 0. The first kappa shape index (κ1) is 19.4. The summed E-state index contributed by atoms with van der Waals surface area (Å²) in [4.78, 5) is 28.3. The van der Waals surface area contributed by atoms with Gasteiger partial charge in [0.15, 0.2) is 0 Å². The van der Waals surface area contributed by atoms with Crippen molar-refractivity contribution in [1.29, 1.82) is 0 Å². The molecule has 2 rings (SSSR count). The molecule has 1 fully saturated rings. The van der Waals surface area contributed by atoms with E-state index < -0.39 is 0 Å². The van der Waals surface area contributed by atoms with Crippen molar-refractivity contribution in [3.63, 3.8) is 0 Å². The van der Waals surface area contributed by atoms with Gasteiger partial charge >= 0.3 is 0 Å². The molecule has 1 aliphatic heterocycles. The van der Waals surface area contributed by atoms with E-state index >= 15 is 0 Å². The Morgan fingerprint density at radius 3 is 2.76 bits per heavy atom. The lowest BCUT2D eigenvalue weighted by atomic mass is 9.94. The maximum Gasteiger partial charge on any atom is 0.223 e. The Hall–Kier alpha value is -1.95. The van der Waals surface area contributed by atoms with Gasteiger partial charge in [-0.25, -0.2) is 0 Å². The minimum absolute atomic E-state index is 0.00168. The zero-order valence-electron chi connectivity index (χ0n) is 15.3. The summed E-state index contributed by atoms with van der Waals surface area (Å²) < 4.78 is 5.79. The third-order valence-electron chi connectivity index (χ3n) is 4.47. The van der Waals surface area contributed by atoms with Gasteiger partial charge in [0, 0.05) is 30.7 Å². The number of rotatable bonds is 7. The van der Waals surface area contributed by atoms with Crippen LogP contribution in [-0.4, -0.2) is 35.6 Å². The van der Waals surface area contributed by atoms with Crippen LogP contribution in [0.3, 0.4) is 0 Å². The first-order valence-corrected chi connectivity index (χ1v) is 9.05. The SMILES string of the molecule is CC(C)C(=O)NC1CCOC(CC(C)C(=O)NCc2ccccn2)C1. The average molecular weight is 347 g/mol. The van der Waals surface area contributed by atoms with E-state index in [4.69, 9.17) is 4.74 Å². The summed E-state index contributed by atoms with van der Waals surface area (Å²) in [5.74, 6) is -0.0831. The predicted octanol–water partition coefficient (Wildman–Crippen LogP) is 2.04. The number of hydrogen-bond acceptors (Lipinski definition) is 4. The highest BCUT2D eigenvalue weighted by Gasteiger charge is 2.27. The number of nitrogens with one attached hydrogen (secondary N) is 2. The summed E-state index contributed by atoms with van der Waals surface area (Å²) in [7, 11) is 0. The fourth-order valence-electron chi connectivity index (χ4n) is 2.90. The van der Waals surface area contributed by atoms with E-state index in [1.54, 1.807) is 6.20 Å². The number of carbonyl (C=O) groups excluding carboxylic acids is 2. The van der Waals surface area contributed by atoms with Crippen LogP contribution in [0.25, 0.3) is 0 Å². The Bertz CT molecular complexity index is 562. The minimum Gasteiger partial charge on any atom is -0.378 e. The summed E-state index contributed by atoms with van der Waals surface area (Å²) in [6.07, 6.45) is 3.96. The quantitative estimate of drug-likeness (QED) is 0.791. The van der Waals surface area contributed by atoms with Gasteiger partial charge in [0.25, 0.3) is 0 Å². The van der Waals surface area contributed by atoms with E-state index in [1.807, 2.05) is 39.0 Å². The van der Waals surface area contributed by atoms with Crippen molar-refractivity contribution < 1.29 is 14.3 Å². The number of ether oxygens (including phenoxy) is 1. The van der Waals surface area contributed by atoms with Gasteiger partial charge in [-0.05, 0) is 31.4 Å². The van der Waals surface area contributed by atoms with Crippen LogP contribution in [0.1, 0.15) is 45.7 Å². The predicted molar refractivity (Wildman–Crippen MR) is 95.6 cm³/mol. The summed E-state index contributed by atoms with van der Waals surface area (Å²) in [6.45, 7) is 6.74. The van der Waals surface area contributed by atoms with Crippen molar-refractivity contribution in [2.24, 2.45) is 11.8 Å². The Morgan fingerprint density at radius 2 is 2.08 bits per heavy atom. The van der Waals surface area contributed by atoms with Crippen molar-refractivity contribution in [3.8, 4) is 0 Å². The highest BCUT2D eigenvalue weighted by molar-refractivity contribution is 5.78. The number of aromatic nitrogens is 1. The smallest absolute Gasteiger partial charge is 0.223 e. The molecule has 2 heterocycles. The van der Waals surface area contributed by atoms with Crippen molar-refractivity contribution in [3.05, 3.63) is 30.1 Å². The number of hydrogen-bond donors (Lipinski definition) is 2. The van der Waals surface area contributed by atoms with Gasteiger partial charge in [-0.15, -0.1) is 0 Å². The van der Waals surface area contributed by atoms with Crippen molar-refractivity contribution in [2.45, 2.75) is 58.7 Å². The lowest BCUT2D eigenvalue weighted by molar-refractivity contribution is -0.128. The van der Waals surface area contributed by atoms with Crippen LogP contribution in [-0.2, 0) is 20.9 Å². The summed E-state index contributed by atoms with van der Waals surface area (Å²) in [5, 5.41) is 5.99. The molecule has 25 heavy (non-hydrogen) atoms. The van der Waals surface area contributed by atoms with E-state index in [1.165, 1.54) is 0 Å². The normalized spacial score (nSPS) is 21.6. The van der Waals surface area contributed by atoms with Gasteiger partial charge < -0.3 is 15.4 Å². The highest BCUT2D eigenvalue weighted by atomic mass is 16.5. The standard InChI is InChI=1S/C19H29N3O3/c1-13(2)18(23)22-15-7-9-25-17(11-15)10-14(3)19(24)21-12-16-6-4-5-8-20-16/h4-6,8,13-15,17H,7,9-12H2,1-3H3,(H,21,24)(H,22,23). The Balaban J connectivity index is 1.75. The van der Waals surface area contributed by atoms with Gasteiger partial charge in [0.05, 0.1) is 18.3 Å². The molecular formula is C19H29N3O3. The number of nitrogens with zero attached hydrogens (tertiary/aromatic N) is 1. The highest BCUT2D eigenvalue weighted by Crippen LogP contribution is 2.21. The Labute approximate surface area is 149 Å². The average Bonchev–Trinajstić information content (AvgIpc) is 2.60. The molecule has 1 aromatic rings.